The van der Waals surface area contributed by atoms with E-state index < -0.39 is 0 Å². The molecule has 1 saturated carbocycles. The third-order valence-corrected chi connectivity index (χ3v) is 4.51. The summed E-state index contributed by atoms with van der Waals surface area (Å²) in [5.41, 5.74) is 5.57. The molecule has 3 unspecified atom stereocenters. The fourth-order valence-corrected chi connectivity index (χ4v) is 3.38. The topological polar surface area (TPSA) is 55.1 Å². The van der Waals surface area contributed by atoms with E-state index in [-0.39, 0.29) is 11.8 Å². The Balaban J connectivity index is 2.30. The van der Waals surface area contributed by atoms with E-state index in [1.54, 1.807) is 0 Å². The van der Waals surface area contributed by atoms with Crippen LogP contribution in [0.1, 0.15) is 39.5 Å². The number of thioether (sulfide) groups is 1. The van der Waals surface area contributed by atoms with Crippen molar-refractivity contribution >= 4 is 17.7 Å². The van der Waals surface area contributed by atoms with Crippen LogP contribution in [0.15, 0.2) is 0 Å². The van der Waals surface area contributed by atoms with E-state index in [0.717, 1.165) is 24.5 Å². The first-order valence-electron chi connectivity index (χ1n) is 6.33. The normalized spacial score (nSPS) is 26.7. The molecule has 4 heteroatoms. The summed E-state index contributed by atoms with van der Waals surface area (Å²) in [7, 11) is 0. The minimum Gasteiger partial charge on any atom is -0.353 e. The maximum Gasteiger partial charge on any atom is 0.224 e. The van der Waals surface area contributed by atoms with Crippen molar-refractivity contribution in [2.75, 3.05) is 12.3 Å². The first-order valence-corrected chi connectivity index (χ1v) is 7.38. The molecule has 0 saturated heterocycles. The third-order valence-electron chi connectivity index (χ3n) is 3.28. The smallest absolute Gasteiger partial charge is 0.224 e. The summed E-state index contributed by atoms with van der Waals surface area (Å²) in [6, 6.07) is 0.386. The highest BCUT2D eigenvalue weighted by Gasteiger charge is 2.27. The molecule has 3 N–H and O–H groups in total. The van der Waals surface area contributed by atoms with Gasteiger partial charge in [0.05, 0.1) is 0 Å². The van der Waals surface area contributed by atoms with E-state index in [9.17, 15) is 4.79 Å². The number of carbonyl (C=O) groups is 1. The molecule has 0 spiro atoms. The summed E-state index contributed by atoms with van der Waals surface area (Å²) in [6.45, 7) is 4.67. The van der Waals surface area contributed by atoms with Gasteiger partial charge in [-0.15, -0.1) is 0 Å². The Morgan fingerprint density at radius 3 is 2.81 bits per heavy atom. The number of nitrogens with one attached hydrogen (secondary N) is 1. The summed E-state index contributed by atoms with van der Waals surface area (Å²) in [4.78, 5) is 11.8. The van der Waals surface area contributed by atoms with Crippen LogP contribution in [0.2, 0.25) is 0 Å². The highest BCUT2D eigenvalue weighted by atomic mass is 32.2. The van der Waals surface area contributed by atoms with E-state index in [1.165, 1.54) is 12.2 Å². The molecule has 0 radical (unpaired) electrons. The van der Waals surface area contributed by atoms with Crippen molar-refractivity contribution in [3.63, 3.8) is 0 Å². The minimum absolute atomic E-state index is 0.00196. The molecule has 94 valence electrons. The van der Waals surface area contributed by atoms with Crippen molar-refractivity contribution in [2.45, 2.75) is 50.8 Å². The zero-order chi connectivity index (χ0) is 12.0. The number of nitrogens with two attached hydrogens (primary N) is 1. The van der Waals surface area contributed by atoms with Gasteiger partial charge in [0, 0.05) is 23.8 Å². The molecule has 16 heavy (non-hydrogen) atoms. The van der Waals surface area contributed by atoms with Gasteiger partial charge in [0.2, 0.25) is 5.91 Å². The number of rotatable bonds is 6. The molecule has 0 aliphatic heterocycles. The lowest BCUT2D eigenvalue weighted by molar-refractivity contribution is -0.125. The quantitative estimate of drug-likeness (QED) is 0.748. The fraction of sp³-hybridized carbons (Fsp3) is 0.917. The van der Waals surface area contributed by atoms with Gasteiger partial charge >= 0.3 is 0 Å². The molecule has 1 amide bonds. The molecule has 0 heterocycles. The second-order valence-corrected chi connectivity index (χ2v) is 6.01. The standard InChI is InChI=1S/C12H24N2OS/c1-3-9(8-13)12(15)14-10-5-6-11(7-10)16-4-2/h9-11H,3-8,13H2,1-2H3,(H,14,15). The van der Waals surface area contributed by atoms with Crippen LogP contribution in [0.25, 0.3) is 0 Å². The number of amides is 1. The van der Waals surface area contributed by atoms with Gasteiger partial charge in [0.15, 0.2) is 0 Å². The average molecular weight is 244 g/mol. The van der Waals surface area contributed by atoms with Crippen LogP contribution < -0.4 is 11.1 Å². The molecule has 3 nitrogen and oxygen atoms in total. The fourth-order valence-electron chi connectivity index (χ4n) is 2.24. The van der Waals surface area contributed by atoms with Crippen LogP contribution >= 0.6 is 11.8 Å². The summed E-state index contributed by atoms with van der Waals surface area (Å²) < 4.78 is 0. The lowest BCUT2D eigenvalue weighted by Crippen LogP contribution is -2.40. The van der Waals surface area contributed by atoms with Gasteiger partial charge in [-0.3, -0.25) is 4.79 Å². The summed E-state index contributed by atoms with van der Waals surface area (Å²) in [5.74, 6) is 1.32. The molecule has 0 aromatic heterocycles. The predicted octanol–water partition coefficient (Wildman–Crippen LogP) is 1.76. The zero-order valence-electron chi connectivity index (χ0n) is 10.4. The molecular weight excluding hydrogens is 220 g/mol. The van der Waals surface area contributed by atoms with Gasteiger partial charge in [0.1, 0.15) is 0 Å². The SMILES string of the molecule is CCSC1CCC(NC(=O)C(CC)CN)C1. The minimum atomic E-state index is -0.00196. The van der Waals surface area contributed by atoms with Gasteiger partial charge in [0.25, 0.3) is 0 Å². The molecule has 1 aliphatic rings. The molecule has 3 atom stereocenters. The molecule has 1 fully saturated rings. The monoisotopic (exact) mass is 244 g/mol. The lowest BCUT2D eigenvalue weighted by atomic mass is 10.1. The summed E-state index contributed by atoms with van der Waals surface area (Å²) >= 11 is 2.01. The van der Waals surface area contributed by atoms with Crippen LogP contribution in [0.4, 0.5) is 0 Å². The second kappa shape index (κ2) is 7.17. The van der Waals surface area contributed by atoms with E-state index in [0.29, 0.717) is 12.6 Å². The van der Waals surface area contributed by atoms with Gasteiger partial charge in [-0.1, -0.05) is 13.8 Å². The van der Waals surface area contributed by atoms with Crippen molar-refractivity contribution in [1.29, 1.82) is 0 Å². The Hall–Kier alpha value is -0.220. The van der Waals surface area contributed by atoms with Gasteiger partial charge in [-0.2, -0.15) is 11.8 Å². The third kappa shape index (κ3) is 3.98. The Kier molecular flexibility index (Phi) is 6.21. The Bertz CT molecular complexity index is 219. The number of hydrogen-bond acceptors (Lipinski definition) is 3. The largest absolute Gasteiger partial charge is 0.353 e. The average Bonchev–Trinajstić information content (AvgIpc) is 2.68. The van der Waals surface area contributed by atoms with E-state index in [2.05, 4.69) is 12.2 Å². The van der Waals surface area contributed by atoms with Gasteiger partial charge < -0.3 is 11.1 Å². The second-order valence-electron chi connectivity index (χ2n) is 4.44. The molecule has 0 bridgehead atoms. The van der Waals surface area contributed by atoms with Crippen molar-refractivity contribution in [3.8, 4) is 0 Å². The molecular formula is C12H24N2OS. The summed E-state index contributed by atoms with van der Waals surface area (Å²) in [5, 5.41) is 3.88. The van der Waals surface area contributed by atoms with Gasteiger partial charge in [-0.25, -0.2) is 0 Å². The lowest BCUT2D eigenvalue weighted by Gasteiger charge is -2.17. The van der Waals surface area contributed by atoms with Crippen molar-refractivity contribution in [2.24, 2.45) is 11.7 Å². The first-order chi connectivity index (χ1) is 7.71. The molecule has 0 aromatic rings. The summed E-state index contributed by atoms with van der Waals surface area (Å²) in [6.07, 6.45) is 4.33. The zero-order valence-corrected chi connectivity index (χ0v) is 11.2. The predicted molar refractivity (Wildman–Crippen MR) is 70.5 cm³/mol. The number of carbonyl (C=O) groups excluding carboxylic acids is 1. The maximum atomic E-state index is 11.8. The van der Waals surface area contributed by atoms with Crippen molar-refractivity contribution < 1.29 is 4.79 Å². The number of hydrogen-bond donors (Lipinski definition) is 2. The van der Waals surface area contributed by atoms with E-state index >= 15 is 0 Å². The van der Waals surface area contributed by atoms with Crippen molar-refractivity contribution in [3.05, 3.63) is 0 Å². The first kappa shape index (κ1) is 13.8. The van der Waals surface area contributed by atoms with Crippen LogP contribution in [0.5, 0.6) is 0 Å². The van der Waals surface area contributed by atoms with Crippen LogP contribution in [-0.4, -0.2) is 29.5 Å². The highest BCUT2D eigenvalue weighted by Crippen LogP contribution is 2.29. The van der Waals surface area contributed by atoms with Crippen LogP contribution in [0.3, 0.4) is 0 Å². The molecule has 0 aromatic carbocycles. The van der Waals surface area contributed by atoms with Crippen LogP contribution in [0, 0.1) is 5.92 Å². The van der Waals surface area contributed by atoms with Crippen molar-refractivity contribution in [1.82, 2.24) is 5.32 Å². The molecule has 1 aliphatic carbocycles. The maximum absolute atomic E-state index is 11.8. The Morgan fingerprint density at radius 1 is 1.50 bits per heavy atom. The van der Waals surface area contributed by atoms with Gasteiger partial charge in [-0.05, 0) is 31.4 Å². The highest BCUT2D eigenvalue weighted by molar-refractivity contribution is 7.99. The van der Waals surface area contributed by atoms with E-state index in [4.69, 9.17) is 5.73 Å². The van der Waals surface area contributed by atoms with Crippen LogP contribution in [-0.2, 0) is 4.79 Å². The Labute approximate surface area is 103 Å². The Morgan fingerprint density at radius 2 is 2.25 bits per heavy atom. The molecule has 1 rings (SSSR count). The van der Waals surface area contributed by atoms with E-state index in [1.807, 2.05) is 18.7 Å².